The van der Waals surface area contributed by atoms with E-state index < -0.39 is 0 Å². The minimum Gasteiger partial charge on any atom is -0.494 e. The zero-order valence-electron chi connectivity index (χ0n) is 24.5. The van der Waals surface area contributed by atoms with Crippen LogP contribution in [0.4, 0.5) is 17.6 Å². The van der Waals surface area contributed by atoms with Gasteiger partial charge in [0.1, 0.15) is 11.5 Å². The molecule has 0 saturated heterocycles. The number of fused-ring (bicyclic) bond motifs is 10. The highest BCUT2D eigenvalue weighted by Crippen LogP contribution is 2.26. The van der Waals surface area contributed by atoms with E-state index in [1.807, 2.05) is 43.3 Å². The predicted octanol–water partition coefficient (Wildman–Crippen LogP) is 4.39. The largest absolute Gasteiger partial charge is 0.494 e. The molecule has 0 atom stereocenters. The molecule has 220 valence electrons. The molecule has 0 saturated carbocycles. The second kappa shape index (κ2) is 14.5. The average molecular weight is 565 g/mol. The Hall–Kier alpha value is -4.12. The number of ether oxygens (including phenoxy) is 3. The number of carbonyl (C=O) groups excluding carboxylic acids is 1. The molecular weight excluding hydrogens is 522 g/mol. The lowest BCUT2D eigenvalue weighted by Crippen LogP contribution is -2.41. The summed E-state index contributed by atoms with van der Waals surface area (Å²) in [6, 6.07) is 13.6. The Kier molecular flexibility index (Phi) is 10.6. The van der Waals surface area contributed by atoms with E-state index in [1.165, 1.54) is 0 Å². The Balaban J connectivity index is 1.58. The summed E-state index contributed by atoms with van der Waals surface area (Å²) in [7, 11) is 6.28. The monoisotopic (exact) mass is 564 g/mol. The number of carbonyl (C=O) groups is 1. The number of likely N-dealkylation sites (N-methyl/N-ethyl adjacent to an activating group) is 1. The van der Waals surface area contributed by atoms with Crippen LogP contribution in [-0.2, 0) is 6.54 Å². The number of quaternary nitrogens is 1. The number of hydrogen-bond donors (Lipinski definition) is 3. The van der Waals surface area contributed by atoms with Crippen molar-refractivity contribution in [2.45, 2.75) is 39.2 Å². The number of aromatic nitrogens is 3. The number of hydrogen-bond acceptors (Lipinski definition) is 9. The van der Waals surface area contributed by atoms with Crippen LogP contribution in [-0.4, -0.2) is 79.4 Å². The van der Waals surface area contributed by atoms with Gasteiger partial charge in [-0.1, -0.05) is 12.1 Å². The first-order chi connectivity index (χ1) is 19.8. The number of amides is 1. The fraction of sp³-hybridized carbons (Fsp3) is 0.467. The molecule has 3 aromatic rings. The van der Waals surface area contributed by atoms with Gasteiger partial charge in [-0.05, 0) is 62.4 Å². The fourth-order valence-corrected chi connectivity index (χ4v) is 4.14. The van der Waals surface area contributed by atoms with Gasteiger partial charge in [0.25, 0.3) is 5.91 Å². The van der Waals surface area contributed by atoms with Gasteiger partial charge in [-0.3, -0.25) is 4.79 Å². The van der Waals surface area contributed by atoms with Crippen molar-refractivity contribution in [2.24, 2.45) is 0 Å². The van der Waals surface area contributed by atoms with E-state index in [9.17, 15) is 4.79 Å². The zero-order valence-corrected chi connectivity index (χ0v) is 24.5. The zero-order chi connectivity index (χ0) is 29.1. The average Bonchev–Trinajstić information content (AvgIpc) is 2.93. The summed E-state index contributed by atoms with van der Waals surface area (Å²) in [5.74, 6) is 1.87. The molecule has 0 radical (unpaired) electrons. The van der Waals surface area contributed by atoms with Crippen LogP contribution in [0.3, 0.4) is 0 Å². The van der Waals surface area contributed by atoms with Crippen molar-refractivity contribution in [2.75, 3.05) is 64.7 Å². The van der Waals surface area contributed by atoms with Crippen LogP contribution >= 0.6 is 0 Å². The summed E-state index contributed by atoms with van der Waals surface area (Å²) in [5, 5.41) is 9.49. The fourth-order valence-electron chi connectivity index (χ4n) is 4.14. The van der Waals surface area contributed by atoms with Crippen molar-refractivity contribution in [1.82, 2.24) is 20.3 Å². The molecule has 1 aromatic heterocycles. The number of benzene rings is 2. The number of rotatable bonds is 6. The third kappa shape index (κ3) is 9.78. The minimum absolute atomic E-state index is 0.167. The molecule has 0 fully saturated rings. The van der Waals surface area contributed by atoms with Crippen molar-refractivity contribution in [3.05, 3.63) is 53.6 Å². The molecule has 41 heavy (non-hydrogen) atoms. The summed E-state index contributed by atoms with van der Waals surface area (Å²) in [6.45, 7) is 5.35. The molecule has 0 aliphatic carbocycles. The van der Waals surface area contributed by atoms with Crippen molar-refractivity contribution in [3.63, 3.8) is 0 Å². The molecule has 2 aromatic carbocycles. The Bertz CT molecular complexity index is 1280. The maximum atomic E-state index is 13.1. The van der Waals surface area contributed by atoms with Gasteiger partial charge in [0.15, 0.2) is 0 Å². The Labute approximate surface area is 242 Å². The number of anilines is 3. The molecule has 1 amide bonds. The maximum absolute atomic E-state index is 13.1. The Morgan fingerprint density at radius 1 is 0.951 bits per heavy atom. The van der Waals surface area contributed by atoms with Gasteiger partial charge in [-0.25, -0.2) is 0 Å². The molecule has 2 aliphatic rings. The molecule has 6 bridgehead atoms. The third-order valence-electron chi connectivity index (χ3n) is 6.38. The van der Waals surface area contributed by atoms with Crippen LogP contribution in [0.5, 0.6) is 17.5 Å². The van der Waals surface area contributed by atoms with Crippen molar-refractivity contribution in [1.29, 1.82) is 0 Å². The molecule has 3 N–H and O–H groups in total. The van der Waals surface area contributed by atoms with E-state index in [0.29, 0.717) is 61.8 Å². The predicted molar refractivity (Wildman–Crippen MR) is 159 cm³/mol. The maximum Gasteiger partial charge on any atom is 0.323 e. The lowest BCUT2D eigenvalue weighted by molar-refractivity contribution is -0.869. The van der Waals surface area contributed by atoms with E-state index in [4.69, 9.17) is 14.2 Å². The van der Waals surface area contributed by atoms with Crippen molar-refractivity contribution < 1.29 is 23.5 Å². The van der Waals surface area contributed by atoms with E-state index >= 15 is 0 Å². The lowest BCUT2D eigenvalue weighted by Gasteiger charge is -2.24. The standard InChI is InChI=1S/C30H41N7O4/c1-5-39-30-35-28-32-21-22-10-13-24(14-11-22)40-18-8-6-7-9-19-41-26-20-23(33-29(34-28)36-30)12-15-25(26)27(38)31-16-17-37(2,3)4/h10-15,20H,5-9,16-19,21H2,1-4H3,(H2-,31,32,33,34,35,36,38)/p+1. The first-order valence-electron chi connectivity index (χ1n) is 14.3. The van der Waals surface area contributed by atoms with E-state index in [-0.39, 0.29) is 11.9 Å². The summed E-state index contributed by atoms with van der Waals surface area (Å²) in [6.07, 6.45) is 3.87. The number of nitrogens with zero attached hydrogens (tertiary/aromatic N) is 4. The van der Waals surface area contributed by atoms with Gasteiger partial charge in [0, 0.05) is 18.3 Å². The van der Waals surface area contributed by atoms with Crippen molar-refractivity contribution in [3.8, 4) is 17.5 Å². The van der Waals surface area contributed by atoms with Gasteiger partial charge in [-0.15, -0.1) is 0 Å². The van der Waals surface area contributed by atoms with Gasteiger partial charge < -0.3 is 34.6 Å². The highest BCUT2D eigenvalue weighted by atomic mass is 16.5. The summed E-state index contributed by atoms with van der Waals surface area (Å²) >= 11 is 0. The molecular formula is C30H42N7O4+. The first kappa shape index (κ1) is 29.9. The van der Waals surface area contributed by atoms with Crippen LogP contribution in [0, 0.1) is 0 Å². The molecule has 2 aliphatic heterocycles. The van der Waals surface area contributed by atoms with E-state index in [2.05, 4.69) is 52.0 Å². The highest BCUT2D eigenvalue weighted by molar-refractivity contribution is 5.97. The van der Waals surface area contributed by atoms with Crippen LogP contribution in [0.1, 0.15) is 48.5 Å². The van der Waals surface area contributed by atoms with Crippen LogP contribution in [0.25, 0.3) is 0 Å². The van der Waals surface area contributed by atoms with Crippen LogP contribution in [0.2, 0.25) is 0 Å². The molecule has 0 unspecified atom stereocenters. The summed E-state index contributed by atoms with van der Waals surface area (Å²) < 4.78 is 18.4. The topological polar surface area (TPSA) is 120 Å². The van der Waals surface area contributed by atoms with Crippen LogP contribution < -0.4 is 30.2 Å². The Morgan fingerprint density at radius 2 is 1.68 bits per heavy atom. The van der Waals surface area contributed by atoms with Gasteiger partial charge in [0.05, 0.1) is 59.6 Å². The van der Waals surface area contributed by atoms with Crippen molar-refractivity contribution >= 4 is 23.5 Å². The van der Waals surface area contributed by atoms with E-state index in [0.717, 1.165) is 48.0 Å². The third-order valence-corrected chi connectivity index (χ3v) is 6.38. The lowest BCUT2D eigenvalue weighted by atomic mass is 10.1. The molecule has 3 heterocycles. The summed E-state index contributed by atoms with van der Waals surface area (Å²) in [5.41, 5.74) is 2.23. The quantitative estimate of drug-likeness (QED) is 0.375. The SMILES string of the molecule is CCOc1nc2nc(n1)Nc1ccc(C(=O)NCC[N+](C)(C)C)c(c1)OCCCCCCOc1ccc(cc1)CN2. The van der Waals surface area contributed by atoms with Crippen LogP contribution in [0.15, 0.2) is 42.5 Å². The molecule has 0 spiro atoms. The summed E-state index contributed by atoms with van der Waals surface area (Å²) in [4.78, 5) is 26.4. The number of nitrogens with one attached hydrogen (secondary N) is 3. The second-order valence-corrected chi connectivity index (χ2v) is 10.9. The smallest absolute Gasteiger partial charge is 0.323 e. The molecule has 11 nitrogen and oxygen atoms in total. The highest BCUT2D eigenvalue weighted by Gasteiger charge is 2.16. The second-order valence-electron chi connectivity index (χ2n) is 10.9. The van der Waals surface area contributed by atoms with Gasteiger partial charge in [-0.2, -0.15) is 15.0 Å². The van der Waals surface area contributed by atoms with Gasteiger partial charge in [0.2, 0.25) is 11.9 Å². The molecule has 11 heteroatoms. The first-order valence-corrected chi connectivity index (χ1v) is 14.3. The van der Waals surface area contributed by atoms with E-state index in [1.54, 1.807) is 6.07 Å². The normalized spacial score (nSPS) is 14.3. The minimum atomic E-state index is -0.167. The molecule has 5 rings (SSSR count). The Morgan fingerprint density at radius 3 is 2.41 bits per heavy atom. The van der Waals surface area contributed by atoms with Gasteiger partial charge >= 0.3 is 6.01 Å².